The Bertz CT molecular complexity index is 606. The van der Waals surface area contributed by atoms with Crippen LogP contribution in [0, 0.1) is 12.8 Å². The molecule has 0 aromatic carbocycles. The summed E-state index contributed by atoms with van der Waals surface area (Å²) in [6.45, 7) is 6.09. The van der Waals surface area contributed by atoms with Gasteiger partial charge in [-0.05, 0) is 60.7 Å². The molecule has 0 bridgehead atoms. The molecule has 5 heteroatoms. The molecule has 1 N–H and O–H groups in total. The van der Waals surface area contributed by atoms with E-state index in [1.54, 1.807) is 0 Å². The molecule has 1 aliphatic heterocycles. The molecule has 0 spiro atoms. The normalized spacial score (nSPS) is 19.2. The molecule has 3 heterocycles. The fraction of sp³-hybridized carbons (Fsp3) is 0.471. The number of likely N-dealkylation sites (tertiary alicyclic amines) is 1. The maximum Gasteiger partial charge on any atom is 0.261 e. The predicted molar refractivity (Wildman–Crippen MR) is 93.7 cm³/mol. The Morgan fingerprint density at radius 3 is 3.00 bits per heavy atom. The van der Waals surface area contributed by atoms with Crippen molar-refractivity contribution in [2.75, 3.05) is 19.6 Å². The van der Waals surface area contributed by atoms with E-state index in [2.05, 4.69) is 27.7 Å². The lowest BCUT2D eigenvalue weighted by atomic mass is 9.98. The van der Waals surface area contributed by atoms with Crippen molar-refractivity contribution in [1.82, 2.24) is 10.2 Å². The largest absolute Gasteiger partial charge is 0.351 e. The second kappa shape index (κ2) is 7.40. The molecule has 0 unspecified atom stereocenters. The maximum absolute atomic E-state index is 12.2. The molecule has 1 aliphatic rings. The third-order valence-electron chi connectivity index (χ3n) is 4.18. The van der Waals surface area contributed by atoms with Crippen LogP contribution >= 0.6 is 22.7 Å². The third kappa shape index (κ3) is 3.97. The number of piperidine rings is 1. The van der Waals surface area contributed by atoms with Crippen LogP contribution in [-0.4, -0.2) is 30.4 Å². The molecule has 0 radical (unpaired) electrons. The number of nitrogens with one attached hydrogen (secondary N) is 1. The van der Waals surface area contributed by atoms with Crippen LogP contribution in [0.5, 0.6) is 0 Å². The van der Waals surface area contributed by atoms with Crippen LogP contribution in [0.25, 0.3) is 0 Å². The Morgan fingerprint density at radius 2 is 2.27 bits per heavy atom. The first-order valence-corrected chi connectivity index (χ1v) is 9.55. The van der Waals surface area contributed by atoms with Crippen LogP contribution in [0.2, 0.25) is 0 Å². The Morgan fingerprint density at radius 1 is 1.36 bits per heavy atom. The van der Waals surface area contributed by atoms with Crippen LogP contribution in [-0.2, 0) is 6.54 Å². The molecule has 2 aromatic rings. The molecule has 1 atom stereocenters. The lowest BCUT2D eigenvalue weighted by Crippen LogP contribution is -2.40. The van der Waals surface area contributed by atoms with Gasteiger partial charge in [0, 0.05) is 24.5 Å². The summed E-state index contributed by atoms with van der Waals surface area (Å²) in [5.41, 5.74) is 1.07. The molecule has 0 saturated carbocycles. The van der Waals surface area contributed by atoms with E-state index in [0.717, 1.165) is 30.1 Å². The molecule has 3 rings (SSSR count). The van der Waals surface area contributed by atoms with Crippen molar-refractivity contribution in [3.63, 3.8) is 0 Å². The monoisotopic (exact) mass is 334 g/mol. The quantitative estimate of drug-likeness (QED) is 0.903. The number of aryl methyl sites for hydroxylation is 1. The van der Waals surface area contributed by atoms with E-state index >= 15 is 0 Å². The highest BCUT2D eigenvalue weighted by atomic mass is 32.1. The zero-order chi connectivity index (χ0) is 15.4. The average molecular weight is 335 g/mol. The van der Waals surface area contributed by atoms with Crippen LogP contribution in [0.15, 0.2) is 29.0 Å². The lowest BCUT2D eigenvalue weighted by Gasteiger charge is -2.32. The fourth-order valence-electron chi connectivity index (χ4n) is 3.01. The molecular formula is C17H22N2OS2. The number of thiophene rings is 2. The summed E-state index contributed by atoms with van der Waals surface area (Å²) in [5.74, 6) is 0.654. The highest BCUT2D eigenvalue weighted by Gasteiger charge is 2.21. The van der Waals surface area contributed by atoms with Gasteiger partial charge >= 0.3 is 0 Å². The van der Waals surface area contributed by atoms with Crippen molar-refractivity contribution in [3.8, 4) is 0 Å². The minimum atomic E-state index is 0.0860. The highest BCUT2D eigenvalue weighted by molar-refractivity contribution is 7.12. The van der Waals surface area contributed by atoms with Crippen molar-refractivity contribution < 1.29 is 4.79 Å². The van der Waals surface area contributed by atoms with E-state index in [0.29, 0.717) is 5.92 Å². The maximum atomic E-state index is 12.2. The lowest BCUT2D eigenvalue weighted by molar-refractivity contribution is 0.0934. The predicted octanol–water partition coefficient (Wildman–Crippen LogP) is 3.76. The van der Waals surface area contributed by atoms with Crippen LogP contribution in [0.4, 0.5) is 0 Å². The van der Waals surface area contributed by atoms with Crippen LogP contribution < -0.4 is 5.32 Å². The first-order valence-electron chi connectivity index (χ1n) is 7.79. The highest BCUT2D eigenvalue weighted by Crippen LogP contribution is 2.20. The summed E-state index contributed by atoms with van der Waals surface area (Å²) in [7, 11) is 0. The van der Waals surface area contributed by atoms with Crippen molar-refractivity contribution in [1.29, 1.82) is 0 Å². The second-order valence-corrected chi connectivity index (χ2v) is 7.91. The van der Waals surface area contributed by atoms with Gasteiger partial charge in [0.2, 0.25) is 0 Å². The topological polar surface area (TPSA) is 32.3 Å². The Kier molecular flexibility index (Phi) is 5.28. The van der Waals surface area contributed by atoms with Gasteiger partial charge in [0.25, 0.3) is 5.91 Å². The van der Waals surface area contributed by atoms with E-state index in [1.807, 2.05) is 29.7 Å². The summed E-state index contributed by atoms with van der Waals surface area (Å²) in [6, 6.07) is 6.32. The number of hydrogen-bond donors (Lipinski definition) is 1. The summed E-state index contributed by atoms with van der Waals surface area (Å²) >= 11 is 3.35. The third-order valence-corrected chi connectivity index (χ3v) is 6.06. The van der Waals surface area contributed by atoms with Gasteiger partial charge in [-0.1, -0.05) is 6.07 Å². The molecule has 1 fully saturated rings. The van der Waals surface area contributed by atoms with Gasteiger partial charge in [-0.15, -0.1) is 22.7 Å². The molecule has 3 nitrogen and oxygen atoms in total. The average Bonchev–Trinajstić information content (AvgIpc) is 3.17. The van der Waals surface area contributed by atoms with Gasteiger partial charge in [-0.25, -0.2) is 0 Å². The van der Waals surface area contributed by atoms with E-state index in [9.17, 15) is 4.79 Å². The number of carbonyl (C=O) groups excluding carboxylic acids is 1. The van der Waals surface area contributed by atoms with Crippen molar-refractivity contribution in [2.24, 2.45) is 5.92 Å². The van der Waals surface area contributed by atoms with Crippen LogP contribution in [0.1, 0.15) is 33.0 Å². The molecule has 118 valence electrons. The molecule has 0 aliphatic carbocycles. The van der Waals surface area contributed by atoms with Crippen molar-refractivity contribution >= 4 is 28.6 Å². The van der Waals surface area contributed by atoms with E-state index in [1.165, 1.54) is 35.6 Å². The summed E-state index contributed by atoms with van der Waals surface area (Å²) in [5, 5.41) is 7.24. The molecular weight excluding hydrogens is 312 g/mol. The van der Waals surface area contributed by atoms with E-state index in [4.69, 9.17) is 0 Å². The molecule has 2 aromatic heterocycles. The zero-order valence-corrected chi connectivity index (χ0v) is 14.5. The van der Waals surface area contributed by atoms with Gasteiger partial charge in [-0.2, -0.15) is 0 Å². The van der Waals surface area contributed by atoms with Gasteiger partial charge in [-0.3, -0.25) is 9.69 Å². The van der Waals surface area contributed by atoms with Crippen LogP contribution in [0.3, 0.4) is 0 Å². The molecule has 22 heavy (non-hydrogen) atoms. The smallest absolute Gasteiger partial charge is 0.261 e. The zero-order valence-electron chi connectivity index (χ0n) is 12.9. The van der Waals surface area contributed by atoms with E-state index < -0.39 is 0 Å². The van der Waals surface area contributed by atoms with Crippen molar-refractivity contribution in [3.05, 3.63) is 44.3 Å². The summed E-state index contributed by atoms with van der Waals surface area (Å²) in [6.07, 6.45) is 2.44. The SMILES string of the molecule is Cc1ccsc1C(=O)NC[C@@H]1CCCN(Cc2cccs2)C1. The van der Waals surface area contributed by atoms with Gasteiger partial charge < -0.3 is 5.32 Å². The van der Waals surface area contributed by atoms with E-state index in [-0.39, 0.29) is 5.91 Å². The minimum absolute atomic E-state index is 0.0860. The second-order valence-electron chi connectivity index (χ2n) is 5.97. The number of nitrogens with zero attached hydrogens (tertiary/aromatic N) is 1. The summed E-state index contributed by atoms with van der Waals surface area (Å²) < 4.78 is 0. The number of hydrogen-bond acceptors (Lipinski definition) is 4. The fourth-order valence-corrected chi connectivity index (χ4v) is 4.59. The van der Waals surface area contributed by atoms with Crippen molar-refractivity contribution in [2.45, 2.75) is 26.3 Å². The van der Waals surface area contributed by atoms with Gasteiger partial charge in [0.1, 0.15) is 0 Å². The molecule has 1 amide bonds. The Hall–Kier alpha value is -1.17. The summed E-state index contributed by atoms with van der Waals surface area (Å²) in [4.78, 5) is 17.0. The minimum Gasteiger partial charge on any atom is -0.351 e. The Labute approximate surface area is 140 Å². The number of rotatable bonds is 5. The first kappa shape index (κ1) is 15.7. The molecule has 1 saturated heterocycles. The van der Waals surface area contributed by atoms with Gasteiger partial charge in [0.05, 0.1) is 4.88 Å². The van der Waals surface area contributed by atoms with Gasteiger partial charge in [0.15, 0.2) is 0 Å². The Balaban J connectivity index is 1.48. The first-order chi connectivity index (χ1) is 10.7. The standard InChI is InChI=1S/C17H22N2OS2/c1-13-6-9-22-16(13)17(20)18-10-14-4-2-7-19(11-14)12-15-5-3-8-21-15/h3,5-6,8-9,14H,2,4,7,10-12H2,1H3,(H,18,20)/t14-/m0/s1. The number of carbonyl (C=O) groups is 1. The number of amides is 1.